The summed E-state index contributed by atoms with van der Waals surface area (Å²) in [6.45, 7) is 6.45. The van der Waals surface area contributed by atoms with E-state index < -0.39 is 0 Å². The van der Waals surface area contributed by atoms with Crippen LogP contribution in [0.3, 0.4) is 0 Å². The van der Waals surface area contributed by atoms with Crippen LogP contribution in [0.25, 0.3) is 16.8 Å². The minimum Gasteiger partial charge on any atom is -0.468 e. The van der Waals surface area contributed by atoms with Gasteiger partial charge in [0.15, 0.2) is 0 Å². The normalized spacial score (nSPS) is 9.00. The fourth-order valence-corrected chi connectivity index (χ4v) is 1.50. The molecule has 0 N–H and O–H groups in total. The van der Waals surface area contributed by atoms with Gasteiger partial charge in [-0.15, -0.1) is 0 Å². The van der Waals surface area contributed by atoms with Gasteiger partial charge in [-0.25, -0.2) is 0 Å². The van der Waals surface area contributed by atoms with Crippen LogP contribution < -0.4 is 0 Å². The lowest BCUT2D eigenvalue weighted by atomic mass is 10.1. The first-order chi connectivity index (χ1) is 8.33. The smallest absolute Gasteiger partial charge is 0.293 e. The van der Waals surface area contributed by atoms with E-state index in [0.717, 1.165) is 0 Å². The van der Waals surface area contributed by atoms with Gasteiger partial charge in [0.05, 0.1) is 6.61 Å². The van der Waals surface area contributed by atoms with E-state index in [1.165, 1.54) is 16.3 Å². The summed E-state index contributed by atoms with van der Waals surface area (Å²) in [4.78, 5) is 9.18. The van der Waals surface area contributed by atoms with E-state index in [9.17, 15) is 4.79 Å². The molecule has 0 unspecified atom stereocenters. The second-order valence-electron chi connectivity index (χ2n) is 3.32. The van der Waals surface area contributed by atoms with Crippen molar-refractivity contribution >= 4 is 23.3 Å². The zero-order valence-corrected chi connectivity index (χ0v) is 9.93. The molecule has 88 valence electrons. The van der Waals surface area contributed by atoms with Gasteiger partial charge < -0.3 is 4.74 Å². The van der Waals surface area contributed by atoms with Crippen molar-refractivity contribution < 1.29 is 9.53 Å². The molecule has 2 aromatic rings. The number of carbonyl (C=O) groups excluding carboxylic acids is 1. The van der Waals surface area contributed by atoms with Gasteiger partial charge in [0, 0.05) is 0 Å². The molecular weight excluding hydrogens is 212 g/mol. The Balaban J connectivity index is 0.000000249. The second kappa shape index (κ2) is 7.23. The summed E-state index contributed by atoms with van der Waals surface area (Å²) >= 11 is 0. The summed E-state index contributed by atoms with van der Waals surface area (Å²) in [5.41, 5.74) is 1.20. The van der Waals surface area contributed by atoms with Gasteiger partial charge in [0.2, 0.25) is 0 Å². The molecule has 0 fully saturated rings. The second-order valence-corrected chi connectivity index (χ2v) is 3.32. The molecule has 0 bridgehead atoms. The van der Waals surface area contributed by atoms with Crippen LogP contribution in [0.5, 0.6) is 0 Å². The molecule has 0 aliphatic carbocycles. The highest BCUT2D eigenvalue weighted by Gasteiger charge is 1.93. The third kappa shape index (κ3) is 3.76. The number of rotatable bonds is 3. The average Bonchev–Trinajstić information content (AvgIpc) is 2.40. The Kier molecular flexibility index (Phi) is 5.52. The number of fused-ring (bicyclic) bond motifs is 1. The van der Waals surface area contributed by atoms with Crippen LogP contribution in [-0.2, 0) is 9.53 Å². The van der Waals surface area contributed by atoms with E-state index in [1.807, 2.05) is 6.08 Å². The SMILES string of the molecule is C=Cc1cccc2ccccc12.CCOC=O. The van der Waals surface area contributed by atoms with Crippen LogP contribution in [0.15, 0.2) is 49.0 Å². The van der Waals surface area contributed by atoms with E-state index in [2.05, 4.69) is 53.8 Å². The summed E-state index contributed by atoms with van der Waals surface area (Å²) in [5, 5.41) is 2.55. The Morgan fingerprint density at radius 3 is 2.47 bits per heavy atom. The Labute approximate surface area is 102 Å². The predicted octanol–water partition coefficient (Wildman–Crippen LogP) is 3.66. The molecule has 0 saturated heterocycles. The maximum absolute atomic E-state index is 9.18. The molecule has 2 nitrogen and oxygen atoms in total. The van der Waals surface area contributed by atoms with E-state index >= 15 is 0 Å². The zero-order valence-electron chi connectivity index (χ0n) is 9.93. The molecule has 0 spiro atoms. The fourth-order valence-electron chi connectivity index (χ4n) is 1.50. The van der Waals surface area contributed by atoms with Gasteiger partial charge in [-0.05, 0) is 23.3 Å². The number of ether oxygens (including phenoxy) is 1. The van der Waals surface area contributed by atoms with Crippen LogP contribution in [0.4, 0.5) is 0 Å². The highest BCUT2D eigenvalue weighted by atomic mass is 16.5. The Hall–Kier alpha value is -2.09. The minimum atomic E-state index is 0.431. The van der Waals surface area contributed by atoms with Gasteiger partial charge in [0.25, 0.3) is 6.47 Å². The van der Waals surface area contributed by atoms with E-state index in [1.54, 1.807) is 6.92 Å². The van der Waals surface area contributed by atoms with Gasteiger partial charge >= 0.3 is 0 Å². The van der Waals surface area contributed by atoms with Crippen molar-refractivity contribution in [2.24, 2.45) is 0 Å². The zero-order chi connectivity index (χ0) is 12.5. The minimum absolute atomic E-state index is 0.431. The van der Waals surface area contributed by atoms with E-state index in [-0.39, 0.29) is 0 Å². The molecule has 0 aliphatic heterocycles. The molecule has 2 rings (SSSR count). The highest BCUT2D eigenvalue weighted by molar-refractivity contribution is 5.90. The molecule has 0 aromatic heterocycles. The molecular formula is C15H16O2. The van der Waals surface area contributed by atoms with Gasteiger partial charge in [-0.2, -0.15) is 0 Å². The van der Waals surface area contributed by atoms with Gasteiger partial charge in [-0.3, -0.25) is 4.79 Å². The number of carbonyl (C=O) groups is 1. The first-order valence-corrected chi connectivity index (χ1v) is 5.49. The van der Waals surface area contributed by atoms with Gasteiger partial charge in [0.1, 0.15) is 0 Å². The largest absolute Gasteiger partial charge is 0.468 e. The number of hydrogen-bond donors (Lipinski definition) is 0. The van der Waals surface area contributed by atoms with Crippen molar-refractivity contribution in [3.63, 3.8) is 0 Å². The van der Waals surface area contributed by atoms with Crippen LogP contribution in [0.1, 0.15) is 12.5 Å². The van der Waals surface area contributed by atoms with Crippen molar-refractivity contribution in [2.75, 3.05) is 6.61 Å². The van der Waals surface area contributed by atoms with Crippen molar-refractivity contribution in [1.29, 1.82) is 0 Å². The topological polar surface area (TPSA) is 26.3 Å². The molecule has 2 heteroatoms. The van der Waals surface area contributed by atoms with Gasteiger partial charge in [-0.1, -0.05) is 55.1 Å². The first kappa shape index (κ1) is 13.0. The van der Waals surface area contributed by atoms with Crippen molar-refractivity contribution in [3.05, 3.63) is 54.6 Å². The lowest BCUT2D eigenvalue weighted by Gasteiger charge is -1.99. The number of hydrogen-bond acceptors (Lipinski definition) is 2. The molecule has 0 heterocycles. The van der Waals surface area contributed by atoms with Crippen LogP contribution in [-0.4, -0.2) is 13.1 Å². The molecule has 17 heavy (non-hydrogen) atoms. The Morgan fingerprint density at radius 1 is 1.18 bits per heavy atom. The quantitative estimate of drug-likeness (QED) is 0.749. The molecule has 2 aromatic carbocycles. The summed E-state index contributed by atoms with van der Waals surface area (Å²) in [7, 11) is 0. The summed E-state index contributed by atoms with van der Waals surface area (Å²) < 4.78 is 4.15. The average molecular weight is 228 g/mol. The molecule has 0 radical (unpaired) electrons. The molecule has 0 amide bonds. The number of benzene rings is 2. The van der Waals surface area contributed by atoms with Crippen LogP contribution in [0, 0.1) is 0 Å². The summed E-state index contributed by atoms with van der Waals surface area (Å²) in [5.74, 6) is 0. The Morgan fingerprint density at radius 2 is 1.88 bits per heavy atom. The summed E-state index contributed by atoms with van der Waals surface area (Å²) in [6, 6.07) is 14.6. The van der Waals surface area contributed by atoms with Crippen molar-refractivity contribution in [2.45, 2.75) is 6.92 Å². The molecule has 0 aliphatic rings. The molecule has 0 atom stereocenters. The first-order valence-electron chi connectivity index (χ1n) is 5.49. The van der Waals surface area contributed by atoms with E-state index in [4.69, 9.17) is 0 Å². The third-order valence-electron chi connectivity index (χ3n) is 2.28. The third-order valence-corrected chi connectivity index (χ3v) is 2.28. The standard InChI is InChI=1S/C12H10.C3H6O2/c1-2-10-7-5-8-11-6-3-4-9-12(10)11;1-2-5-3-4/h2-9H,1H2;3H,2H2,1H3. The Bertz CT molecular complexity index is 484. The fraction of sp³-hybridized carbons (Fsp3) is 0.133. The maximum atomic E-state index is 9.18. The monoisotopic (exact) mass is 228 g/mol. The lowest BCUT2D eigenvalue weighted by molar-refractivity contribution is -0.128. The lowest BCUT2D eigenvalue weighted by Crippen LogP contribution is -1.80. The van der Waals surface area contributed by atoms with E-state index in [0.29, 0.717) is 13.1 Å². The van der Waals surface area contributed by atoms with Crippen molar-refractivity contribution in [3.8, 4) is 0 Å². The van der Waals surface area contributed by atoms with Crippen LogP contribution in [0.2, 0.25) is 0 Å². The van der Waals surface area contributed by atoms with Crippen LogP contribution >= 0.6 is 0 Å². The highest BCUT2D eigenvalue weighted by Crippen LogP contribution is 2.18. The maximum Gasteiger partial charge on any atom is 0.293 e. The molecule has 0 saturated carbocycles. The van der Waals surface area contributed by atoms with Crippen molar-refractivity contribution in [1.82, 2.24) is 0 Å². The summed E-state index contributed by atoms with van der Waals surface area (Å²) in [6.07, 6.45) is 1.89. The predicted molar refractivity (Wildman–Crippen MR) is 71.7 cm³/mol.